The van der Waals surface area contributed by atoms with E-state index in [1.165, 1.54) is 0 Å². The summed E-state index contributed by atoms with van der Waals surface area (Å²) in [6.07, 6.45) is 0.265. The Kier molecular flexibility index (Phi) is 3.53. The van der Waals surface area contributed by atoms with Crippen LogP contribution in [-0.4, -0.2) is 32.0 Å². The first-order chi connectivity index (χ1) is 7.43. The van der Waals surface area contributed by atoms with E-state index in [1.807, 2.05) is 24.3 Å². The molecule has 0 aromatic heterocycles. The van der Waals surface area contributed by atoms with Crippen molar-refractivity contribution in [3.05, 3.63) is 24.3 Å². The molecule has 88 valence electrons. The van der Waals surface area contributed by atoms with Gasteiger partial charge in [0, 0.05) is 13.1 Å². The highest BCUT2D eigenvalue weighted by atomic mass is 35.5. The van der Waals surface area contributed by atoms with Crippen molar-refractivity contribution in [3.8, 4) is 11.5 Å². The lowest BCUT2D eigenvalue weighted by Crippen LogP contribution is -2.50. The zero-order valence-electron chi connectivity index (χ0n) is 8.81. The zero-order chi connectivity index (χ0) is 10.1. The number of rotatable bonds is 1. The van der Waals surface area contributed by atoms with Gasteiger partial charge in [-0.1, -0.05) is 12.1 Å². The molecular weight excluding hydrogens is 228 g/mol. The molecular formula is C11H15ClN2O2. The quantitative estimate of drug-likeness (QED) is 0.764. The number of halogens is 1. The average Bonchev–Trinajstić information content (AvgIpc) is 2.82. The first-order valence-electron chi connectivity index (χ1n) is 5.29. The van der Waals surface area contributed by atoms with Crippen LogP contribution in [0, 0.1) is 0 Å². The number of para-hydroxylation sites is 2. The van der Waals surface area contributed by atoms with Crippen molar-refractivity contribution in [2.75, 3.05) is 19.7 Å². The van der Waals surface area contributed by atoms with Gasteiger partial charge in [0.2, 0.25) is 0 Å². The molecule has 16 heavy (non-hydrogen) atoms. The van der Waals surface area contributed by atoms with Crippen LogP contribution in [0.2, 0.25) is 0 Å². The molecule has 1 unspecified atom stereocenters. The molecule has 1 aromatic carbocycles. The summed E-state index contributed by atoms with van der Waals surface area (Å²) >= 11 is 0. The van der Waals surface area contributed by atoms with Crippen LogP contribution in [0.25, 0.3) is 0 Å². The molecule has 2 heterocycles. The molecule has 3 rings (SSSR count). The van der Waals surface area contributed by atoms with E-state index in [-0.39, 0.29) is 24.7 Å². The molecule has 0 spiro atoms. The largest absolute Gasteiger partial charge is 0.486 e. The van der Waals surface area contributed by atoms with Gasteiger partial charge < -0.3 is 9.47 Å². The Morgan fingerprint density at radius 2 is 1.75 bits per heavy atom. The molecule has 1 atom stereocenters. The number of benzene rings is 1. The summed E-state index contributed by atoms with van der Waals surface area (Å²) in [6.45, 7) is 2.58. The van der Waals surface area contributed by atoms with Gasteiger partial charge in [0.05, 0.1) is 6.17 Å². The summed E-state index contributed by atoms with van der Waals surface area (Å²) in [4.78, 5) is 0. The van der Waals surface area contributed by atoms with E-state index in [2.05, 4.69) is 10.6 Å². The first-order valence-corrected chi connectivity index (χ1v) is 5.29. The van der Waals surface area contributed by atoms with E-state index in [1.54, 1.807) is 0 Å². The lowest BCUT2D eigenvalue weighted by atomic mass is 10.2. The van der Waals surface area contributed by atoms with E-state index >= 15 is 0 Å². The summed E-state index contributed by atoms with van der Waals surface area (Å²) in [5.74, 6) is 1.68. The molecule has 0 radical (unpaired) electrons. The smallest absolute Gasteiger partial charge is 0.161 e. The van der Waals surface area contributed by atoms with Crippen molar-refractivity contribution in [2.24, 2.45) is 0 Å². The van der Waals surface area contributed by atoms with Gasteiger partial charge in [-0.25, -0.2) is 0 Å². The fraction of sp³-hybridized carbons (Fsp3) is 0.455. The van der Waals surface area contributed by atoms with E-state index < -0.39 is 0 Å². The summed E-state index contributed by atoms with van der Waals surface area (Å²) in [5.41, 5.74) is 0. The van der Waals surface area contributed by atoms with Gasteiger partial charge in [-0.05, 0) is 12.1 Å². The number of nitrogens with one attached hydrogen (secondary N) is 2. The maximum atomic E-state index is 5.87. The average molecular weight is 243 g/mol. The highest BCUT2D eigenvalue weighted by Gasteiger charge is 2.30. The van der Waals surface area contributed by atoms with E-state index in [9.17, 15) is 0 Å². The van der Waals surface area contributed by atoms with Crippen molar-refractivity contribution in [1.29, 1.82) is 0 Å². The SMILES string of the molecule is Cl.c1ccc2c(c1)OCC(C1NCCN1)O2. The third-order valence-corrected chi connectivity index (χ3v) is 2.76. The minimum absolute atomic E-state index is 0. The highest BCUT2D eigenvalue weighted by Crippen LogP contribution is 2.31. The second-order valence-corrected chi connectivity index (χ2v) is 3.80. The Morgan fingerprint density at radius 1 is 1.06 bits per heavy atom. The minimum atomic E-state index is 0. The Labute approximate surface area is 101 Å². The third-order valence-electron chi connectivity index (χ3n) is 2.76. The second kappa shape index (κ2) is 4.91. The second-order valence-electron chi connectivity index (χ2n) is 3.80. The van der Waals surface area contributed by atoms with Crippen LogP contribution in [0.15, 0.2) is 24.3 Å². The van der Waals surface area contributed by atoms with Crippen LogP contribution >= 0.6 is 12.4 Å². The summed E-state index contributed by atoms with van der Waals surface area (Å²) < 4.78 is 11.5. The molecule has 5 heteroatoms. The fourth-order valence-electron chi connectivity index (χ4n) is 1.99. The Morgan fingerprint density at radius 3 is 2.50 bits per heavy atom. The van der Waals surface area contributed by atoms with E-state index in [0.29, 0.717) is 6.61 Å². The molecule has 4 nitrogen and oxygen atoms in total. The molecule has 1 saturated heterocycles. The summed E-state index contributed by atoms with van der Waals surface area (Å²) in [7, 11) is 0. The van der Waals surface area contributed by atoms with Crippen LogP contribution in [0.5, 0.6) is 11.5 Å². The maximum Gasteiger partial charge on any atom is 0.161 e. The number of ether oxygens (including phenoxy) is 2. The van der Waals surface area contributed by atoms with Crippen LogP contribution in [-0.2, 0) is 0 Å². The van der Waals surface area contributed by atoms with Crippen molar-refractivity contribution >= 4 is 12.4 Å². The predicted molar refractivity (Wildman–Crippen MR) is 63.4 cm³/mol. The summed E-state index contributed by atoms with van der Waals surface area (Å²) in [6, 6.07) is 7.78. The number of hydrogen-bond acceptors (Lipinski definition) is 4. The molecule has 0 amide bonds. The Bertz CT molecular complexity index is 356. The van der Waals surface area contributed by atoms with Crippen LogP contribution in [0.1, 0.15) is 0 Å². The fourth-order valence-corrected chi connectivity index (χ4v) is 1.99. The monoisotopic (exact) mass is 242 g/mol. The van der Waals surface area contributed by atoms with Gasteiger partial charge in [-0.3, -0.25) is 10.6 Å². The molecule has 2 aliphatic rings. The highest BCUT2D eigenvalue weighted by molar-refractivity contribution is 5.85. The Balaban J connectivity index is 0.000000963. The van der Waals surface area contributed by atoms with Crippen molar-refractivity contribution in [2.45, 2.75) is 12.3 Å². The lowest BCUT2D eigenvalue weighted by Gasteiger charge is -2.30. The van der Waals surface area contributed by atoms with E-state index in [4.69, 9.17) is 9.47 Å². The van der Waals surface area contributed by atoms with Crippen LogP contribution in [0.3, 0.4) is 0 Å². The molecule has 0 bridgehead atoms. The normalized spacial score (nSPS) is 23.9. The standard InChI is InChI=1S/C11H14N2O2.ClH/c1-2-4-9-8(3-1)14-7-10(15-9)11-12-5-6-13-11;/h1-4,10-13H,5-7H2;1H. The predicted octanol–water partition coefficient (Wildman–Crippen LogP) is 0.767. The van der Waals surface area contributed by atoms with Crippen molar-refractivity contribution in [3.63, 3.8) is 0 Å². The molecule has 1 aromatic rings. The van der Waals surface area contributed by atoms with Crippen molar-refractivity contribution < 1.29 is 9.47 Å². The molecule has 2 aliphatic heterocycles. The van der Waals surface area contributed by atoms with Gasteiger partial charge in [0.15, 0.2) is 17.6 Å². The van der Waals surface area contributed by atoms with Gasteiger partial charge in [-0.15, -0.1) is 12.4 Å². The minimum Gasteiger partial charge on any atom is -0.486 e. The van der Waals surface area contributed by atoms with Gasteiger partial charge >= 0.3 is 0 Å². The van der Waals surface area contributed by atoms with Gasteiger partial charge in [-0.2, -0.15) is 0 Å². The van der Waals surface area contributed by atoms with Gasteiger partial charge in [0.25, 0.3) is 0 Å². The molecule has 2 N–H and O–H groups in total. The third kappa shape index (κ3) is 2.09. The summed E-state index contributed by atoms with van der Waals surface area (Å²) in [5, 5.41) is 6.68. The van der Waals surface area contributed by atoms with Crippen LogP contribution in [0.4, 0.5) is 0 Å². The number of fused-ring (bicyclic) bond motifs is 1. The molecule has 0 aliphatic carbocycles. The topological polar surface area (TPSA) is 42.5 Å². The van der Waals surface area contributed by atoms with Crippen molar-refractivity contribution in [1.82, 2.24) is 10.6 Å². The van der Waals surface area contributed by atoms with Crippen LogP contribution < -0.4 is 20.1 Å². The maximum absolute atomic E-state index is 5.87. The Hall–Kier alpha value is -0.970. The molecule has 0 saturated carbocycles. The van der Waals surface area contributed by atoms with Gasteiger partial charge in [0.1, 0.15) is 6.61 Å². The zero-order valence-corrected chi connectivity index (χ0v) is 9.63. The lowest BCUT2D eigenvalue weighted by molar-refractivity contribution is 0.0615. The molecule has 1 fully saturated rings. The first kappa shape index (κ1) is 11.5. The number of hydrogen-bond donors (Lipinski definition) is 2. The van der Waals surface area contributed by atoms with E-state index in [0.717, 1.165) is 24.6 Å².